The maximum absolute atomic E-state index is 13.5. The van der Waals surface area contributed by atoms with Gasteiger partial charge >= 0.3 is 0 Å². The molecule has 0 aliphatic carbocycles. The van der Waals surface area contributed by atoms with Crippen molar-refractivity contribution >= 4 is 22.4 Å². The Hall–Kier alpha value is -3.30. The highest BCUT2D eigenvalue weighted by atomic mass is 19.1. The summed E-state index contributed by atoms with van der Waals surface area (Å²) in [6.45, 7) is 4.66. The number of aromatic amines is 1. The number of rotatable bonds is 4. The molecule has 0 saturated carbocycles. The van der Waals surface area contributed by atoms with Crippen molar-refractivity contribution < 1.29 is 13.9 Å². The van der Waals surface area contributed by atoms with Gasteiger partial charge in [0, 0.05) is 49.2 Å². The second-order valence-electron chi connectivity index (χ2n) is 8.70. The van der Waals surface area contributed by atoms with Gasteiger partial charge in [-0.25, -0.2) is 9.37 Å². The SMILES string of the molecule is NC(=O)c1ccc(N2CCN(C3COCC(c4cc5ccc(F)cc5c(=O)[nH]4)C3)CC2)cn1. The van der Waals surface area contributed by atoms with Gasteiger partial charge in [-0.1, -0.05) is 6.07 Å². The van der Waals surface area contributed by atoms with Crippen molar-refractivity contribution in [1.82, 2.24) is 14.9 Å². The first kappa shape index (κ1) is 21.5. The van der Waals surface area contributed by atoms with Crippen molar-refractivity contribution in [2.45, 2.75) is 18.4 Å². The van der Waals surface area contributed by atoms with Gasteiger partial charge in [0.1, 0.15) is 11.5 Å². The number of hydrogen-bond acceptors (Lipinski definition) is 6. The second-order valence-corrected chi connectivity index (χ2v) is 8.70. The molecule has 3 aromatic rings. The third kappa shape index (κ3) is 4.46. The number of benzene rings is 1. The highest BCUT2D eigenvalue weighted by molar-refractivity contribution is 5.90. The summed E-state index contributed by atoms with van der Waals surface area (Å²) in [5, 5.41) is 1.10. The lowest BCUT2D eigenvalue weighted by molar-refractivity contribution is 0.00294. The first-order valence-corrected chi connectivity index (χ1v) is 11.1. The summed E-state index contributed by atoms with van der Waals surface area (Å²) in [4.78, 5) is 35.5. The standard InChI is InChI=1S/C24H26FN5O3/c25-17-2-1-15-10-22(28-24(32)20(15)11-17)16-9-19(14-33-13-16)30-7-5-29(6-8-30)18-3-4-21(23(26)31)27-12-18/h1-4,10-12,16,19H,5-9,13-14H2,(H2,26,31)(H,28,32). The van der Waals surface area contributed by atoms with Crippen LogP contribution < -0.4 is 16.2 Å². The van der Waals surface area contributed by atoms with Crippen LogP contribution in [-0.2, 0) is 4.74 Å². The number of fused-ring (bicyclic) bond motifs is 1. The number of amides is 1. The van der Waals surface area contributed by atoms with Gasteiger partial charge in [-0.2, -0.15) is 0 Å². The number of carbonyl (C=O) groups is 1. The molecule has 2 aromatic heterocycles. The lowest BCUT2D eigenvalue weighted by Crippen LogP contribution is -2.53. The molecular formula is C24H26FN5O3. The molecule has 4 heterocycles. The zero-order valence-corrected chi connectivity index (χ0v) is 18.2. The summed E-state index contributed by atoms with van der Waals surface area (Å²) in [6, 6.07) is 10.0. The Balaban J connectivity index is 1.24. The zero-order valence-electron chi connectivity index (χ0n) is 18.2. The van der Waals surface area contributed by atoms with Crippen molar-refractivity contribution in [3.8, 4) is 0 Å². The van der Waals surface area contributed by atoms with Gasteiger partial charge in [0.15, 0.2) is 0 Å². The second kappa shape index (κ2) is 8.92. The van der Waals surface area contributed by atoms with Crippen LogP contribution in [0.2, 0.25) is 0 Å². The number of halogens is 1. The van der Waals surface area contributed by atoms with E-state index in [1.807, 2.05) is 12.1 Å². The molecule has 172 valence electrons. The van der Waals surface area contributed by atoms with Gasteiger partial charge in [0.25, 0.3) is 11.5 Å². The molecular weight excluding hydrogens is 425 g/mol. The minimum absolute atomic E-state index is 0.0782. The maximum Gasteiger partial charge on any atom is 0.267 e. The van der Waals surface area contributed by atoms with Gasteiger partial charge < -0.3 is 20.4 Å². The minimum Gasteiger partial charge on any atom is -0.379 e. The van der Waals surface area contributed by atoms with Crippen molar-refractivity contribution in [3.05, 3.63) is 70.2 Å². The highest BCUT2D eigenvalue weighted by Crippen LogP contribution is 2.29. The quantitative estimate of drug-likeness (QED) is 0.628. The van der Waals surface area contributed by atoms with Crippen LogP contribution in [0.1, 0.15) is 28.5 Å². The molecule has 2 atom stereocenters. The fraction of sp³-hybridized carbons (Fsp3) is 0.375. The molecule has 1 amide bonds. The molecule has 1 aromatic carbocycles. The number of anilines is 1. The maximum atomic E-state index is 13.5. The molecule has 2 unspecified atom stereocenters. The molecule has 2 fully saturated rings. The van der Waals surface area contributed by atoms with Crippen LogP contribution in [0.5, 0.6) is 0 Å². The third-order valence-electron chi connectivity index (χ3n) is 6.65. The Bertz CT molecular complexity index is 1220. The number of nitrogens with two attached hydrogens (primary N) is 1. The van der Waals surface area contributed by atoms with Crippen LogP contribution >= 0.6 is 0 Å². The number of hydrogen-bond donors (Lipinski definition) is 2. The smallest absolute Gasteiger partial charge is 0.267 e. The largest absolute Gasteiger partial charge is 0.379 e. The fourth-order valence-corrected chi connectivity index (χ4v) is 4.82. The molecule has 0 radical (unpaired) electrons. The number of nitrogens with one attached hydrogen (secondary N) is 1. The molecule has 2 aliphatic heterocycles. The normalized spacial score (nSPS) is 21.9. The van der Waals surface area contributed by atoms with Crippen molar-refractivity contribution in [3.63, 3.8) is 0 Å². The van der Waals surface area contributed by atoms with Gasteiger partial charge in [0.2, 0.25) is 0 Å². The summed E-state index contributed by atoms with van der Waals surface area (Å²) in [5.41, 5.74) is 7.07. The van der Waals surface area contributed by atoms with E-state index >= 15 is 0 Å². The molecule has 2 saturated heterocycles. The zero-order chi connectivity index (χ0) is 22.9. The number of aromatic nitrogens is 2. The lowest BCUT2D eigenvalue weighted by Gasteiger charge is -2.42. The van der Waals surface area contributed by atoms with E-state index in [2.05, 4.69) is 19.8 Å². The molecule has 33 heavy (non-hydrogen) atoms. The summed E-state index contributed by atoms with van der Waals surface area (Å²) in [6.07, 6.45) is 2.58. The Kier molecular flexibility index (Phi) is 5.82. The summed E-state index contributed by atoms with van der Waals surface area (Å²) < 4.78 is 19.4. The summed E-state index contributed by atoms with van der Waals surface area (Å²) in [7, 11) is 0. The molecule has 8 nitrogen and oxygen atoms in total. The van der Waals surface area contributed by atoms with Gasteiger partial charge in [0.05, 0.1) is 25.1 Å². The summed E-state index contributed by atoms with van der Waals surface area (Å²) in [5.74, 6) is -0.867. The van der Waals surface area contributed by atoms with Crippen LogP contribution in [0.15, 0.2) is 47.4 Å². The molecule has 3 N–H and O–H groups in total. The van der Waals surface area contributed by atoms with Crippen LogP contribution in [0.25, 0.3) is 10.8 Å². The van der Waals surface area contributed by atoms with E-state index in [1.54, 1.807) is 18.3 Å². The van der Waals surface area contributed by atoms with Crippen molar-refractivity contribution in [1.29, 1.82) is 0 Å². The topological polar surface area (TPSA) is 105 Å². The molecule has 9 heteroatoms. The predicted octanol–water partition coefficient (Wildman–Crippen LogP) is 1.86. The molecule has 0 bridgehead atoms. The minimum atomic E-state index is -0.529. The van der Waals surface area contributed by atoms with E-state index in [1.165, 1.54) is 12.1 Å². The van der Waals surface area contributed by atoms with E-state index in [-0.39, 0.29) is 23.2 Å². The van der Waals surface area contributed by atoms with E-state index < -0.39 is 11.7 Å². The highest BCUT2D eigenvalue weighted by Gasteiger charge is 2.31. The summed E-state index contributed by atoms with van der Waals surface area (Å²) >= 11 is 0. The Labute approximate surface area is 190 Å². The Morgan fingerprint density at radius 1 is 1.12 bits per heavy atom. The number of carbonyl (C=O) groups excluding carboxylic acids is 1. The first-order chi connectivity index (χ1) is 16.0. The molecule has 5 rings (SSSR count). The first-order valence-electron chi connectivity index (χ1n) is 11.1. The molecule has 0 spiro atoms. The number of ether oxygens (including phenoxy) is 1. The molecule has 2 aliphatic rings. The predicted molar refractivity (Wildman–Crippen MR) is 123 cm³/mol. The number of primary amides is 1. The van der Waals surface area contributed by atoms with Crippen LogP contribution in [0, 0.1) is 5.82 Å². The fourth-order valence-electron chi connectivity index (χ4n) is 4.82. The lowest BCUT2D eigenvalue weighted by atomic mass is 9.92. The van der Waals surface area contributed by atoms with Crippen molar-refractivity contribution in [2.24, 2.45) is 5.73 Å². The Morgan fingerprint density at radius 2 is 1.94 bits per heavy atom. The van der Waals surface area contributed by atoms with E-state index in [0.29, 0.717) is 18.6 Å². The van der Waals surface area contributed by atoms with E-state index in [0.717, 1.165) is 49.4 Å². The van der Waals surface area contributed by atoms with Crippen molar-refractivity contribution in [2.75, 3.05) is 44.3 Å². The van der Waals surface area contributed by atoms with Gasteiger partial charge in [-0.3, -0.25) is 14.5 Å². The average Bonchev–Trinajstić information content (AvgIpc) is 2.84. The van der Waals surface area contributed by atoms with Crippen LogP contribution in [-0.4, -0.2) is 66.2 Å². The van der Waals surface area contributed by atoms with Gasteiger partial charge in [-0.15, -0.1) is 0 Å². The third-order valence-corrected chi connectivity index (χ3v) is 6.65. The Morgan fingerprint density at radius 3 is 2.67 bits per heavy atom. The van der Waals surface area contributed by atoms with Gasteiger partial charge in [-0.05, 0) is 42.1 Å². The van der Waals surface area contributed by atoms with Crippen LogP contribution in [0.3, 0.4) is 0 Å². The number of nitrogens with zero attached hydrogens (tertiary/aromatic N) is 3. The number of pyridine rings is 2. The average molecular weight is 452 g/mol. The monoisotopic (exact) mass is 451 g/mol. The number of H-pyrrole nitrogens is 1. The van der Waals surface area contributed by atoms with Crippen LogP contribution in [0.4, 0.5) is 10.1 Å². The number of piperazine rings is 1. The van der Waals surface area contributed by atoms with E-state index in [9.17, 15) is 14.0 Å². The van der Waals surface area contributed by atoms with E-state index in [4.69, 9.17) is 10.5 Å².